The lowest BCUT2D eigenvalue weighted by molar-refractivity contribution is -0.137. The van der Waals surface area contributed by atoms with Crippen LogP contribution >= 0.6 is 0 Å². The maximum Gasteiger partial charge on any atom is 0.407 e. The predicted molar refractivity (Wildman–Crippen MR) is 124 cm³/mol. The lowest BCUT2D eigenvalue weighted by Crippen LogP contribution is -2.46. The maximum absolute atomic E-state index is 12.7. The first-order valence-corrected chi connectivity index (χ1v) is 11.6. The van der Waals surface area contributed by atoms with Crippen molar-refractivity contribution in [1.29, 1.82) is 0 Å². The van der Waals surface area contributed by atoms with Crippen molar-refractivity contribution in [3.8, 4) is 11.1 Å². The molecule has 2 aliphatic rings. The summed E-state index contributed by atoms with van der Waals surface area (Å²) in [4.78, 5) is 36.0. The smallest absolute Gasteiger partial charge is 0.407 e. The zero-order chi connectivity index (χ0) is 23.4. The molecule has 3 N–H and O–H groups in total. The second-order valence-corrected chi connectivity index (χ2v) is 8.96. The van der Waals surface area contributed by atoms with E-state index in [2.05, 4.69) is 34.9 Å². The van der Waals surface area contributed by atoms with Crippen molar-refractivity contribution in [2.45, 2.75) is 57.0 Å². The van der Waals surface area contributed by atoms with E-state index in [1.807, 2.05) is 24.3 Å². The minimum Gasteiger partial charge on any atom is -0.481 e. The van der Waals surface area contributed by atoms with Crippen LogP contribution in [0.2, 0.25) is 0 Å². The maximum atomic E-state index is 12.7. The Bertz CT molecular complexity index is 991. The number of carbonyl (C=O) groups is 3. The van der Waals surface area contributed by atoms with Crippen molar-refractivity contribution >= 4 is 18.0 Å². The molecule has 0 aliphatic heterocycles. The fourth-order valence-electron chi connectivity index (χ4n) is 5.00. The van der Waals surface area contributed by atoms with Gasteiger partial charge in [0.05, 0.1) is 5.92 Å². The van der Waals surface area contributed by atoms with E-state index in [-0.39, 0.29) is 42.9 Å². The highest BCUT2D eigenvalue weighted by Gasteiger charge is 2.35. The Labute approximate surface area is 193 Å². The number of rotatable bonds is 8. The molecule has 7 heteroatoms. The van der Waals surface area contributed by atoms with Gasteiger partial charge < -0.3 is 20.5 Å². The van der Waals surface area contributed by atoms with Gasteiger partial charge in [-0.25, -0.2) is 4.79 Å². The fraction of sp³-hybridized carbons (Fsp3) is 0.423. The van der Waals surface area contributed by atoms with Crippen LogP contribution in [0.3, 0.4) is 0 Å². The Morgan fingerprint density at radius 3 is 2.30 bits per heavy atom. The molecule has 1 fully saturated rings. The summed E-state index contributed by atoms with van der Waals surface area (Å²) in [6.45, 7) is 2.03. The molecule has 0 heterocycles. The highest BCUT2D eigenvalue weighted by molar-refractivity contribution is 5.81. The molecular formula is C26H30N2O5. The third kappa shape index (κ3) is 5.18. The Balaban J connectivity index is 1.32. The minimum absolute atomic E-state index is 0.00748. The number of carboxylic acid groups (broad SMARTS) is 1. The standard InChI is InChI=1S/C26H30N2O5/c1-16(13-14-24(29)30)27-25(31)21-11-6-12-23(21)28-26(32)33-15-22-19-9-4-2-7-17(19)18-8-3-5-10-20(18)22/h2-5,7-10,16,21-23H,6,11-15H2,1H3,(H,27,31)(H,28,32)(H,29,30)/t16?,21-,23+/m1/s1. The fourth-order valence-corrected chi connectivity index (χ4v) is 5.00. The number of nitrogens with one attached hydrogen (secondary N) is 2. The van der Waals surface area contributed by atoms with E-state index in [9.17, 15) is 14.4 Å². The number of hydrogen-bond donors (Lipinski definition) is 3. The molecule has 0 aromatic heterocycles. The normalized spacial score (nSPS) is 19.9. The van der Waals surface area contributed by atoms with E-state index in [0.717, 1.165) is 17.5 Å². The van der Waals surface area contributed by atoms with Gasteiger partial charge in [-0.3, -0.25) is 9.59 Å². The molecule has 0 radical (unpaired) electrons. The summed E-state index contributed by atoms with van der Waals surface area (Å²) in [5.41, 5.74) is 4.65. The Kier molecular flexibility index (Phi) is 6.96. The summed E-state index contributed by atoms with van der Waals surface area (Å²) >= 11 is 0. The van der Waals surface area contributed by atoms with Crippen LogP contribution < -0.4 is 10.6 Å². The summed E-state index contributed by atoms with van der Waals surface area (Å²) in [6, 6.07) is 15.8. The van der Waals surface area contributed by atoms with Crippen LogP contribution in [0.5, 0.6) is 0 Å². The molecule has 2 aromatic rings. The summed E-state index contributed by atoms with van der Waals surface area (Å²) in [6.07, 6.45) is 2.11. The van der Waals surface area contributed by atoms with E-state index < -0.39 is 12.1 Å². The van der Waals surface area contributed by atoms with Crippen LogP contribution in [0, 0.1) is 5.92 Å². The van der Waals surface area contributed by atoms with E-state index in [0.29, 0.717) is 19.3 Å². The van der Waals surface area contributed by atoms with Crippen molar-refractivity contribution < 1.29 is 24.2 Å². The van der Waals surface area contributed by atoms with Crippen LogP contribution in [0.1, 0.15) is 56.1 Å². The lowest BCUT2D eigenvalue weighted by atomic mass is 9.98. The highest BCUT2D eigenvalue weighted by Crippen LogP contribution is 2.44. The topological polar surface area (TPSA) is 105 Å². The van der Waals surface area contributed by atoms with Gasteiger partial charge in [-0.2, -0.15) is 0 Å². The Morgan fingerprint density at radius 1 is 1.03 bits per heavy atom. The first-order chi connectivity index (χ1) is 15.9. The molecule has 0 saturated heterocycles. The van der Waals surface area contributed by atoms with E-state index in [1.54, 1.807) is 6.92 Å². The van der Waals surface area contributed by atoms with Gasteiger partial charge >= 0.3 is 12.1 Å². The Morgan fingerprint density at radius 2 is 1.67 bits per heavy atom. The van der Waals surface area contributed by atoms with E-state index in [1.165, 1.54) is 11.1 Å². The van der Waals surface area contributed by atoms with Crippen LogP contribution in [-0.2, 0) is 14.3 Å². The zero-order valence-electron chi connectivity index (χ0n) is 18.8. The van der Waals surface area contributed by atoms with Gasteiger partial charge in [0, 0.05) is 24.4 Å². The average Bonchev–Trinajstić information content (AvgIpc) is 3.39. The SMILES string of the molecule is CC(CCC(=O)O)NC(=O)[C@@H]1CCC[C@@H]1NC(=O)OCC1c2ccccc2-c2ccccc21. The van der Waals surface area contributed by atoms with Crippen LogP contribution in [0.4, 0.5) is 4.79 Å². The predicted octanol–water partition coefficient (Wildman–Crippen LogP) is 4.06. The molecule has 1 unspecified atom stereocenters. The number of fused-ring (bicyclic) bond motifs is 3. The second-order valence-electron chi connectivity index (χ2n) is 8.96. The third-order valence-corrected chi connectivity index (χ3v) is 6.68. The number of alkyl carbamates (subject to hydrolysis) is 1. The summed E-state index contributed by atoms with van der Waals surface area (Å²) < 4.78 is 5.63. The Hall–Kier alpha value is -3.35. The first kappa shape index (κ1) is 22.8. The highest BCUT2D eigenvalue weighted by atomic mass is 16.5. The van der Waals surface area contributed by atoms with Gasteiger partial charge in [0.1, 0.15) is 6.61 Å². The molecule has 4 rings (SSSR count). The summed E-state index contributed by atoms with van der Waals surface area (Å²) in [7, 11) is 0. The van der Waals surface area contributed by atoms with Gasteiger partial charge in [-0.15, -0.1) is 0 Å². The zero-order valence-corrected chi connectivity index (χ0v) is 18.8. The van der Waals surface area contributed by atoms with Gasteiger partial charge in [-0.1, -0.05) is 55.0 Å². The molecule has 0 bridgehead atoms. The monoisotopic (exact) mass is 450 g/mol. The number of hydrogen-bond acceptors (Lipinski definition) is 4. The van der Waals surface area contributed by atoms with Gasteiger partial charge in [-0.05, 0) is 48.4 Å². The van der Waals surface area contributed by atoms with Gasteiger partial charge in [0.2, 0.25) is 5.91 Å². The molecule has 174 valence electrons. The largest absolute Gasteiger partial charge is 0.481 e. The molecule has 33 heavy (non-hydrogen) atoms. The number of aliphatic carboxylic acids is 1. The molecular weight excluding hydrogens is 420 g/mol. The van der Waals surface area contributed by atoms with Crippen molar-refractivity contribution in [2.24, 2.45) is 5.92 Å². The van der Waals surface area contributed by atoms with Gasteiger partial charge in [0.25, 0.3) is 0 Å². The van der Waals surface area contributed by atoms with Crippen molar-refractivity contribution in [1.82, 2.24) is 10.6 Å². The van der Waals surface area contributed by atoms with Crippen LogP contribution in [0.15, 0.2) is 48.5 Å². The van der Waals surface area contributed by atoms with Crippen LogP contribution in [0.25, 0.3) is 11.1 Å². The number of carbonyl (C=O) groups excluding carboxylic acids is 2. The molecule has 0 spiro atoms. The second kappa shape index (κ2) is 10.1. The number of ether oxygens (including phenoxy) is 1. The van der Waals surface area contributed by atoms with E-state index in [4.69, 9.17) is 9.84 Å². The number of benzene rings is 2. The molecule has 2 aromatic carbocycles. The molecule has 7 nitrogen and oxygen atoms in total. The molecule has 2 aliphatic carbocycles. The third-order valence-electron chi connectivity index (χ3n) is 6.68. The van der Waals surface area contributed by atoms with E-state index >= 15 is 0 Å². The van der Waals surface area contributed by atoms with Crippen molar-refractivity contribution in [3.05, 3.63) is 59.7 Å². The van der Waals surface area contributed by atoms with Crippen molar-refractivity contribution in [3.63, 3.8) is 0 Å². The van der Waals surface area contributed by atoms with Crippen molar-refractivity contribution in [2.75, 3.05) is 6.61 Å². The quantitative estimate of drug-likeness (QED) is 0.563. The number of carboxylic acids is 1. The molecule has 3 atom stereocenters. The first-order valence-electron chi connectivity index (χ1n) is 11.6. The lowest BCUT2D eigenvalue weighted by Gasteiger charge is -2.23. The average molecular weight is 451 g/mol. The minimum atomic E-state index is -0.883. The summed E-state index contributed by atoms with van der Waals surface area (Å²) in [5.74, 6) is -1.38. The van der Waals surface area contributed by atoms with Crippen LogP contribution in [-0.4, -0.2) is 41.8 Å². The molecule has 1 saturated carbocycles. The molecule has 2 amide bonds. The van der Waals surface area contributed by atoms with Gasteiger partial charge in [0.15, 0.2) is 0 Å². The summed E-state index contributed by atoms with van der Waals surface area (Å²) in [5, 5.41) is 14.6. The number of amides is 2.